The van der Waals surface area contributed by atoms with Gasteiger partial charge in [0.25, 0.3) is 0 Å². The number of rotatable bonds is 7. The smallest absolute Gasteiger partial charge is 0.221 e. The van der Waals surface area contributed by atoms with Crippen molar-refractivity contribution in [2.24, 2.45) is 0 Å². The number of hydrogen-bond acceptors (Lipinski definition) is 3. The molecule has 0 radical (unpaired) electrons. The van der Waals surface area contributed by atoms with Crippen LogP contribution in [0.2, 0.25) is 0 Å². The van der Waals surface area contributed by atoms with E-state index in [-0.39, 0.29) is 23.9 Å². The van der Waals surface area contributed by atoms with Gasteiger partial charge in [-0.3, -0.25) is 14.4 Å². The van der Waals surface area contributed by atoms with E-state index < -0.39 is 5.50 Å². The SMILES string of the molecule is CC1=C(C)C(=O)C(CCCC(=O)NC(Cl)Cc2ccccc2)=C(C)C1=O. The standard InChI is InChI=1S/C21H24ClNO3/c1-13-14(2)21(26)17(15(3)20(13)25)10-7-11-19(24)23-18(22)12-16-8-5-4-6-9-16/h4-6,8-9,18H,7,10-12H2,1-3H3,(H,23,24). The van der Waals surface area contributed by atoms with E-state index in [0.29, 0.717) is 41.6 Å². The van der Waals surface area contributed by atoms with Gasteiger partial charge in [-0.25, -0.2) is 0 Å². The number of hydrogen-bond donors (Lipinski definition) is 1. The number of carbonyl (C=O) groups excluding carboxylic acids is 3. The predicted molar refractivity (Wildman–Crippen MR) is 103 cm³/mol. The molecule has 4 nitrogen and oxygen atoms in total. The zero-order chi connectivity index (χ0) is 19.3. The van der Waals surface area contributed by atoms with Crippen LogP contribution in [-0.2, 0) is 20.8 Å². The van der Waals surface area contributed by atoms with E-state index in [9.17, 15) is 14.4 Å². The number of ketones is 2. The van der Waals surface area contributed by atoms with Gasteiger partial charge >= 0.3 is 0 Å². The second kappa shape index (κ2) is 8.95. The van der Waals surface area contributed by atoms with Crippen LogP contribution < -0.4 is 5.32 Å². The molecule has 1 amide bonds. The Balaban J connectivity index is 1.83. The molecular weight excluding hydrogens is 350 g/mol. The minimum atomic E-state index is -0.475. The predicted octanol–water partition coefficient (Wildman–Crippen LogP) is 3.89. The fourth-order valence-electron chi connectivity index (χ4n) is 3.00. The van der Waals surface area contributed by atoms with Crippen molar-refractivity contribution >= 4 is 29.1 Å². The van der Waals surface area contributed by atoms with Crippen LogP contribution in [0.5, 0.6) is 0 Å². The summed E-state index contributed by atoms with van der Waals surface area (Å²) in [5.74, 6) is -0.318. The third-order valence-electron chi connectivity index (χ3n) is 4.72. The Morgan fingerprint density at radius 3 is 2.27 bits per heavy atom. The first-order chi connectivity index (χ1) is 12.3. The Kier molecular flexibility index (Phi) is 6.92. The summed E-state index contributed by atoms with van der Waals surface area (Å²) < 4.78 is 0. The molecule has 0 aromatic heterocycles. The molecule has 0 heterocycles. The van der Waals surface area contributed by atoms with Crippen LogP contribution in [0.4, 0.5) is 0 Å². The van der Waals surface area contributed by atoms with Crippen LogP contribution >= 0.6 is 11.6 Å². The zero-order valence-corrected chi connectivity index (χ0v) is 16.2. The Morgan fingerprint density at radius 1 is 1.00 bits per heavy atom. The Hall–Kier alpha value is -2.20. The number of benzene rings is 1. The number of nitrogens with one attached hydrogen (secondary N) is 1. The Bertz CT molecular complexity index is 778. The molecule has 0 aliphatic heterocycles. The number of allylic oxidation sites excluding steroid dienone is 4. The summed E-state index contributed by atoms with van der Waals surface area (Å²) in [5, 5.41) is 2.76. The van der Waals surface area contributed by atoms with Crippen molar-refractivity contribution in [3.8, 4) is 0 Å². The Labute approximate surface area is 159 Å². The van der Waals surface area contributed by atoms with Crippen LogP contribution in [0, 0.1) is 0 Å². The molecule has 1 aliphatic rings. The summed E-state index contributed by atoms with van der Waals surface area (Å²) in [6.07, 6.45) is 1.73. The van der Waals surface area contributed by atoms with Gasteiger partial charge in [0.1, 0.15) is 5.50 Å². The molecule has 0 saturated carbocycles. The lowest BCUT2D eigenvalue weighted by Gasteiger charge is -2.18. The van der Waals surface area contributed by atoms with E-state index in [2.05, 4.69) is 5.32 Å². The van der Waals surface area contributed by atoms with Crippen molar-refractivity contribution in [2.45, 2.75) is 52.0 Å². The molecule has 0 saturated heterocycles. The molecule has 2 rings (SSSR count). The normalized spacial score (nSPS) is 16.2. The summed E-state index contributed by atoms with van der Waals surface area (Å²) in [6, 6.07) is 9.70. The summed E-state index contributed by atoms with van der Waals surface area (Å²) in [6.45, 7) is 5.03. The maximum atomic E-state index is 12.4. The first kappa shape index (κ1) is 20.1. The van der Waals surface area contributed by atoms with Crippen molar-refractivity contribution < 1.29 is 14.4 Å². The fourth-order valence-corrected chi connectivity index (χ4v) is 3.30. The van der Waals surface area contributed by atoms with Gasteiger partial charge in [0, 0.05) is 35.1 Å². The first-order valence-electron chi connectivity index (χ1n) is 8.75. The number of Topliss-reactive ketones (excluding diaryl/α,β-unsaturated/α-hetero) is 2. The monoisotopic (exact) mass is 373 g/mol. The van der Waals surface area contributed by atoms with Crippen LogP contribution in [-0.4, -0.2) is 23.0 Å². The second-order valence-corrected chi connectivity index (χ2v) is 7.12. The van der Waals surface area contributed by atoms with Gasteiger partial charge in [0.2, 0.25) is 5.91 Å². The molecule has 0 bridgehead atoms. The maximum Gasteiger partial charge on any atom is 0.221 e. The number of carbonyl (C=O) groups is 3. The Morgan fingerprint density at radius 2 is 1.62 bits per heavy atom. The van der Waals surface area contributed by atoms with E-state index in [1.807, 2.05) is 30.3 Å². The second-order valence-electron chi connectivity index (χ2n) is 6.59. The molecule has 1 atom stereocenters. The third kappa shape index (κ3) is 4.92. The van der Waals surface area contributed by atoms with Crippen molar-refractivity contribution in [3.63, 3.8) is 0 Å². The number of alkyl halides is 1. The largest absolute Gasteiger partial charge is 0.340 e. The van der Waals surface area contributed by atoms with Crippen molar-refractivity contribution in [2.75, 3.05) is 0 Å². The quantitative estimate of drug-likeness (QED) is 0.448. The van der Waals surface area contributed by atoms with Gasteiger partial charge in [-0.1, -0.05) is 41.9 Å². The summed E-state index contributed by atoms with van der Waals surface area (Å²) in [7, 11) is 0. The van der Waals surface area contributed by atoms with Crippen molar-refractivity contribution in [1.29, 1.82) is 0 Å². The van der Waals surface area contributed by atoms with E-state index in [1.165, 1.54) is 0 Å². The molecule has 1 unspecified atom stereocenters. The molecule has 1 aromatic carbocycles. The third-order valence-corrected chi connectivity index (χ3v) is 4.98. The van der Waals surface area contributed by atoms with E-state index in [0.717, 1.165) is 5.56 Å². The topological polar surface area (TPSA) is 63.2 Å². The highest BCUT2D eigenvalue weighted by molar-refractivity contribution is 6.24. The van der Waals surface area contributed by atoms with E-state index >= 15 is 0 Å². The number of amides is 1. The lowest BCUT2D eigenvalue weighted by molar-refractivity contribution is -0.121. The van der Waals surface area contributed by atoms with Gasteiger partial charge < -0.3 is 5.32 Å². The molecule has 26 heavy (non-hydrogen) atoms. The summed E-state index contributed by atoms with van der Waals surface area (Å²) >= 11 is 6.19. The summed E-state index contributed by atoms with van der Waals surface area (Å²) in [5.41, 5.74) is 2.62. The van der Waals surface area contributed by atoms with E-state index in [1.54, 1.807) is 20.8 Å². The van der Waals surface area contributed by atoms with Crippen LogP contribution in [0.3, 0.4) is 0 Å². The zero-order valence-electron chi connectivity index (χ0n) is 15.4. The van der Waals surface area contributed by atoms with Gasteiger partial charge in [0.05, 0.1) is 0 Å². The lowest BCUT2D eigenvalue weighted by Crippen LogP contribution is -2.32. The van der Waals surface area contributed by atoms with Gasteiger partial charge in [0.15, 0.2) is 11.6 Å². The minimum Gasteiger partial charge on any atom is -0.340 e. The number of halogens is 1. The highest BCUT2D eigenvalue weighted by Crippen LogP contribution is 2.27. The van der Waals surface area contributed by atoms with Crippen LogP contribution in [0.1, 0.15) is 45.6 Å². The van der Waals surface area contributed by atoms with Crippen LogP contribution in [0.25, 0.3) is 0 Å². The van der Waals surface area contributed by atoms with Crippen LogP contribution in [0.15, 0.2) is 52.6 Å². The molecular formula is C21H24ClNO3. The first-order valence-corrected chi connectivity index (χ1v) is 9.19. The molecule has 1 aromatic rings. The minimum absolute atomic E-state index is 0.0785. The van der Waals surface area contributed by atoms with Crippen molar-refractivity contribution in [1.82, 2.24) is 5.32 Å². The molecule has 0 fully saturated rings. The lowest BCUT2D eigenvalue weighted by atomic mass is 9.84. The van der Waals surface area contributed by atoms with Gasteiger partial charge in [-0.05, 0) is 39.2 Å². The van der Waals surface area contributed by atoms with E-state index in [4.69, 9.17) is 11.6 Å². The average Bonchev–Trinajstić information content (AvgIpc) is 2.62. The molecule has 1 N–H and O–H groups in total. The average molecular weight is 374 g/mol. The maximum absolute atomic E-state index is 12.4. The van der Waals surface area contributed by atoms with Gasteiger partial charge in [-0.15, -0.1) is 0 Å². The molecule has 138 valence electrons. The highest BCUT2D eigenvalue weighted by atomic mass is 35.5. The molecule has 5 heteroatoms. The molecule has 1 aliphatic carbocycles. The van der Waals surface area contributed by atoms with Gasteiger partial charge in [-0.2, -0.15) is 0 Å². The van der Waals surface area contributed by atoms with Crippen molar-refractivity contribution in [3.05, 3.63) is 58.2 Å². The molecule has 0 spiro atoms. The highest BCUT2D eigenvalue weighted by Gasteiger charge is 2.27. The summed E-state index contributed by atoms with van der Waals surface area (Å²) in [4.78, 5) is 36.6. The fraction of sp³-hybridized carbons (Fsp3) is 0.381.